The first-order chi connectivity index (χ1) is 11.7. The zero-order valence-electron chi connectivity index (χ0n) is 13.9. The number of rotatable bonds is 7. The molecule has 1 atom stereocenters. The molecule has 1 unspecified atom stereocenters. The minimum Gasteiger partial charge on any atom is -0.483 e. The Bertz CT molecular complexity index is 858. The van der Waals surface area contributed by atoms with Crippen molar-refractivity contribution in [1.29, 1.82) is 0 Å². The van der Waals surface area contributed by atoms with Crippen LogP contribution in [-0.4, -0.2) is 22.6 Å². The van der Waals surface area contributed by atoms with Gasteiger partial charge in [-0.2, -0.15) is 11.3 Å². The molecular formula is C18H21N3O2S. The number of nitrogens with zero attached hydrogens (tertiary/aromatic N) is 2. The zero-order valence-corrected chi connectivity index (χ0v) is 14.7. The van der Waals surface area contributed by atoms with Crippen LogP contribution in [0, 0.1) is 0 Å². The molecule has 0 spiro atoms. The first kappa shape index (κ1) is 16.7. The number of nitrogens with one attached hydrogen (secondary N) is 1. The molecule has 0 amide bonds. The van der Waals surface area contributed by atoms with E-state index in [4.69, 9.17) is 4.74 Å². The summed E-state index contributed by atoms with van der Waals surface area (Å²) in [6.07, 6.45) is 2.33. The third-order valence-corrected chi connectivity index (χ3v) is 4.63. The fourth-order valence-electron chi connectivity index (χ4n) is 2.62. The van der Waals surface area contributed by atoms with Crippen LogP contribution >= 0.6 is 11.3 Å². The minimum atomic E-state index is -0.0646. The van der Waals surface area contributed by atoms with Crippen LogP contribution in [0.1, 0.15) is 25.0 Å². The average molecular weight is 343 g/mol. The SMILES string of the molecule is CCNCCC(Oc1cccc2c(=O)n(C)cnc12)c1ccsc1. The van der Waals surface area contributed by atoms with Gasteiger partial charge in [0.2, 0.25) is 0 Å². The molecule has 0 saturated carbocycles. The van der Waals surface area contributed by atoms with Crippen LogP contribution < -0.4 is 15.6 Å². The lowest BCUT2D eigenvalue weighted by molar-refractivity contribution is 0.197. The van der Waals surface area contributed by atoms with Crippen LogP contribution in [0.4, 0.5) is 0 Å². The highest BCUT2D eigenvalue weighted by atomic mass is 32.1. The molecule has 0 fully saturated rings. The van der Waals surface area contributed by atoms with Crippen LogP contribution in [0.5, 0.6) is 5.75 Å². The number of aromatic nitrogens is 2. The van der Waals surface area contributed by atoms with Crippen molar-refractivity contribution in [3.8, 4) is 5.75 Å². The topological polar surface area (TPSA) is 56.1 Å². The summed E-state index contributed by atoms with van der Waals surface area (Å²) < 4.78 is 7.75. The molecule has 5 nitrogen and oxygen atoms in total. The van der Waals surface area contributed by atoms with E-state index in [-0.39, 0.29) is 11.7 Å². The summed E-state index contributed by atoms with van der Waals surface area (Å²) in [5, 5.41) is 8.07. The molecule has 1 aromatic carbocycles. The molecule has 0 bridgehead atoms. The van der Waals surface area contributed by atoms with Crippen LogP contribution in [0.3, 0.4) is 0 Å². The Morgan fingerprint density at radius 3 is 3.00 bits per heavy atom. The maximum absolute atomic E-state index is 12.3. The molecule has 1 N–H and O–H groups in total. The van der Waals surface area contributed by atoms with E-state index in [1.165, 1.54) is 10.9 Å². The molecule has 2 heterocycles. The van der Waals surface area contributed by atoms with Crippen molar-refractivity contribution in [2.45, 2.75) is 19.4 Å². The fourth-order valence-corrected chi connectivity index (χ4v) is 3.33. The highest BCUT2D eigenvalue weighted by Gasteiger charge is 2.16. The molecule has 24 heavy (non-hydrogen) atoms. The maximum Gasteiger partial charge on any atom is 0.261 e. The van der Waals surface area contributed by atoms with Gasteiger partial charge in [0.05, 0.1) is 11.7 Å². The number of thiophene rings is 1. The van der Waals surface area contributed by atoms with Gasteiger partial charge in [0, 0.05) is 19.0 Å². The second-order valence-electron chi connectivity index (χ2n) is 5.62. The quantitative estimate of drug-likeness (QED) is 0.670. The number of fused-ring (bicyclic) bond motifs is 1. The third-order valence-electron chi connectivity index (χ3n) is 3.93. The van der Waals surface area contributed by atoms with Crippen LogP contribution in [0.15, 0.2) is 46.1 Å². The maximum atomic E-state index is 12.3. The van der Waals surface area contributed by atoms with Crippen molar-refractivity contribution in [2.24, 2.45) is 7.05 Å². The van der Waals surface area contributed by atoms with E-state index < -0.39 is 0 Å². The number of hydrogen-bond acceptors (Lipinski definition) is 5. The number of benzene rings is 1. The van der Waals surface area contributed by atoms with Gasteiger partial charge in [0.15, 0.2) is 0 Å². The van der Waals surface area contributed by atoms with Gasteiger partial charge in [0.25, 0.3) is 5.56 Å². The molecule has 3 rings (SSSR count). The number of para-hydroxylation sites is 1. The summed E-state index contributed by atoms with van der Waals surface area (Å²) in [5.41, 5.74) is 1.70. The number of aryl methyl sites for hydroxylation is 1. The highest BCUT2D eigenvalue weighted by Crippen LogP contribution is 2.29. The van der Waals surface area contributed by atoms with Gasteiger partial charge in [-0.25, -0.2) is 4.98 Å². The molecule has 126 valence electrons. The smallest absolute Gasteiger partial charge is 0.261 e. The standard InChI is InChI=1S/C18H21N3O2S/c1-3-19-9-7-15(13-8-10-24-11-13)23-16-6-4-5-14-17(16)20-12-21(2)18(14)22/h4-6,8,10-12,15,19H,3,7,9H2,1-2H3. The van der Waals surface area contributed by atoms with Gasteiger partial charge in [0.1, 0.15) is 17.4 Å². The van der Waals surface area contributed by atoms with Gasteiger partial charge < -0.3 is 14.6 Å². The monoisotopic (exact) mass is 343 g/mol. The van der Waals surface area contributed by atoms with Crippen molar-refractivity contribution in [1.82, 2.24) is 14.9 Å². The molecule has 3 aromatic rings. The van der Waals surface area contributed by atoms with Gasteiger partial charge in [-0.3, -0.25) is 4.79 Å². The number of hydrogen-bond donors (Lipinski definition) is 1. The van der Waals surface area contributed by atoms with E-state index in [0.29, 0.717) is 16.7 Å². The van der Waals surface area contributed by atoms with Gasteiger partial charge in [-0.1, -0.05) is 13.0 Å². The molecule has 0 saturated heterocycles. The van der Waals surface area contributed by atoms with E-state index in [9.17, 15) is 4.79 Å². The summed E-state index contributed by atoms with van der Waals surface area (Å²) in [5.74, 6) is 0.651. The summed E-state index contributed by atoms with van der Waals surface area (Å²) in [7, 11) is 1.70. The lowest BCUT2D eigenvalue weighted by atomic mass is 10.1. The van der Waals surface area contributed by atoms with E-state index in [2.05, 4.69) is 34.1 Å². The Morgan fingerprint density at radius 1 is 1.38 bits per heavy atom. The predicted octanol–water partition coefficient (Wildman–Crippen LogP) is 3.11. The van der Waals surface area contributed by atoms with Crippen molar-refractivity contribution in [2.75, 3.05) is 13.1 Å². The van der Waals surface area contributed by atoms with Crippen molar-refractivity contribution in [3.63, 3.8) is 0 Å². The van der Waals surface area contributed by atoms with Crippen LogP contribution in [-0.2, 0) is 7.05 Å². The van der Waals surface area contributed by atoms with E-state index in [1.54, 1.807) is 24.5 Å². The second-order valence-corrected chi connectivity index (χ2v) is 6.40. The lowest BCUT2D eigenvalue weighted by Gasteiger charge is -2.19. The summed E-state index contributed by atoms with van der Waals surface area (Å²) in [6.45, 7) is 3.89. The largest absolute Gasteiger partial charge is 0.483 e. The number of ether oxygens (including phenoxy) is 1. The molecule has 0 aliphatic carbocycles. The third kappa shape index (κ3) is 3.49. The van der Waals surface area contributed by atoms with Gasteiger partial charge in [-0.05, 0) is 42.0 Å². The average Bonchev–Trinajstić information content (AvgIpc) is 3.12. The molecular weight excluding hydrogens is 322 g/mol. The normalized spacial score (nSPS) is 12.4. The lowest BCUT2D eigenvalue weighted by Crippen LogP contribution is -2.20. The van der Waals surface area contributed by atoms with E-state index in [0.717, 1.165) is 25.1 Å². The Balaban J connectivity index is 1.93. The molecule has 0 aliphatic heterocycles. The summed E-state index contributed by atoms with van der Waals surface area (Å²) in [6, 6.07) is 7.59. The minimum absolute atomic E-state index is 0.0632. The Kier molecular flexibility index (Phi) is 5.27. The summed E-state index contributed by atoms with van der Waals surface area (Å²) >= 11 is 1.66. The van der Waals surface area contributed by atoms with Crippen molar-refractivity contribution in [3.05, 3.63) is 57.3 Å². The molecule has 6 heteroatoms. The van der Waals surface area contributed by atoms with Crippen LogP contribution in [0.2, 0.25) is 0 Å². The van der Waals surface area contributed by atoms with E-state index in [1.807, 2.05) is 12.1 Å². The first-order valence-electron chi connectivity index (χ1n) is 8.04. The molecule has 0 radical (unpaired) electrons. The molecule has 0 aliphatic rings. The summed E-state index contributed by atoms with van der Waals surface area (Å²) in [4.78, 5) is 16.7. The second kappa shape index (κ2) is 7.59. The van der Waals surface area contributed by atoms with Crippen molar-refractivity contribution < 1.29 is 4.74 Å². The molecule has 2 aromatic heterocycles. The Labute approximate surface area is 144 Å². The highest BCUT2D eigenvalue weighted by molar-refractivity contribution is 7.07. The van der Waals surface area contributed by atoms with Crippen molar-refractivity contribution >= 4 is 22.2 Å². The predicted molar refractivity (Wildman–Crippen MR) is 97.8 cm³/mol. The first-order valence-corrected chi connectivity index (χ1v) is 8.98. The van der Waals surface area contributed by atoms with Gasteiger partial charge >= 0.3 is 0 Å². The van der Waals surface area contributed by atoms with E-state index >= 15 is 0 Å². The fraction of sp³-hybridized carbons (Fsp3) is 0.333. The van der Waals surface area contributed by atoms with Crippen LogP contribution in [0.25, 0.3) is 10.9 Å². The Hall–Kier alpha value is -2.18. The van der Waals surface area contributed by atoms with Gasteiger partial charge in [-0.15, -0.1) is 0 Å². The zero-order chi connectivity index (χ0) is 16.9. The Morgan fingerprint density at radius 2 is 2.25 bits per heavy atom.